The molecule has 1 aliphatic rings. The zero-order valence-electron chi connectivity index (χ0n) is 11.6. The van der Waals surface area contributed by atoms with E-state index >= 15 is 0 Å². The molecule has 3 nitrogen and oxygen atoms in total. The van der Waals surface area contributed by atoms with E-state index in [1.165, 1.54) is 16.0 Å². The topological polar surface area (TPSA) is 41.1 Å². The Labute approximate surface area is 118 Å². The third-order valence-electron chi connectivity index (χ3n) is 3.42. The average molecular weight is 276 g/mol. The Kier molecular flexibility index (Phi) is 4.66. The summed E-state index contributed by atoms with van der Waals surface area (Å²) in [6.07, 6.45) is 4.84. The first-order chi connectivity index (χ1) is 9.10. The fourth-order valence-electron chi connectivity index (χ4n) is 2.41. The van der Waals surface area contributed by atoms with E-state index in [1.807, 2.05) is 0 Å². The normalized spacial score (nSPS) is 24.2. The Balaban J connectivity index is 2.15. The highest BCUT2D eigenvalue weighted by atomic mass is 32.2. The molecular formula is C15H20N2OS. The fraction of sp³-hybridized carbons (Fsp3) is 0.400. The minimum absolute atomic E-state index is 0.0703. The molecule has 2 unspecified atom stereocenters. The van der Waals surface area contributed by atoms with E-state index in [0.717, 1.165) is 0 Å². The molecule has 2 N–H and O–H groups in total. The van der Waals surface area contributed by atoms with Gasteiger partial charge in [0.1, 0.15) is 0 Å². The van der Waals surface area contributed by atoms with E-state index in [4.69, 9.17) is 0 Å². The lowest BCUT2D eigenvalue weighted by Crippen LogP contribution is -2.53. The largest absolute Gasteiger partial charge is 0.291 e. The number of benzene rings is 1. The van der Waals surface area contributed by atoms with E-state index in [2.05, 4.69) is 61.3 Å². The molecule has 0 radical (unpaired) electrons. The number of hydrazine groups is 1. The fourth-order valence-corrected chi connectivity index (χ4v) is 2.88. The summed E-state index contributed by atoms with van der Waals surface area (Å²) in [5, 5.41) is 0. The third-order valence-corrected chi connectivity index (χ3v) is 4.15. The predicted molar refractivity (Wildman–Crippen MR) is 80.7 cm³/mol. The van der Waals surface area contributed by atoms with Gasteiger partial charge in [-0.05, 0) is 36.8 Å². The second kappa shape index (κ2) is 6.26. The van der Waals surface area contributed by atoms with Crippen molar-refractivity contribution in [3.8, 4) is 0 Å². The molecule has 1 amide bonds. The van der Waals surface area contributed by atoms with Crippen LogP contribution < -0.4 is 10.9 Å². The molecule has 1 aromatic rings. The first-order valence-corrected chi connectivity index (χ1v) is 7.69. The molecule has 0 spiro atoms. The summed E-state index contributed by atoms with van der Waals surface area (Å²) in [5.41, 5.74) is 8.26. The first-order valence-electron chi connectivity index (χ1n) is 6.47. The van der Waals surface area contributed by atoms with Crippen molar-refractivity contribution in [2.45, 2.75) is 31.2 Å². The van der Waals surface area contributed by atoms with Crippen LogP contribution >= 0.6 is 11.8 Å². The standard InChI is InChI=1S/C15H20N2OS/c1-10(15-11(2)8-14(18)16-17-15)7-12-5-4-6-13(9-12)19-3/h4-7,9,11,15,17H,8H2,1-3H3,(H,16,18)/b10-7+. The molecule has 0 aliphatic carbocycles. The van der Waals surface area contributed by atoms with Crippen LogP contribution in [0.2, 0.25) is 0 Å². The first kappa shape index (κ1) is 14.2. The summed E-state index contributed by atoms with van der Waals surface area (Å²) in [7, 11) is 0. The van der Waals surface area contributed by atoms with E-state index < -0.39 is 0 Å². The molecule has 0 bridgehead atoms. The maximum atomic E-state index is 11.3. The molecule has 2 atom stereocenters. The van der Waals surface area contributed by atoms with Crippen LogP contribution in [0.15, 0.2) is 34.7 Å². The summed E-state index contributed by atoms with van der Waals surface area (Å²) in [6.45, 7) is 4.21. The molecule has 4 heteroatoms. The van der Waals surface area contributed by atoms with E-state index in [9.17, 15) is 4.79 Å². The van der Waals surface area contributed by atoms with Crippen LogP contribution in [0.3, 0.4) is 0 Å². The SMILES string of the molecule is CSc1cccc(/C=C(\C)C2NNC(=O)CC2C)c1. The number of thioether (sulfide) groups is 1. The molecule has 1 aromatic carbocycles. The number of amides is 1. The van der Waals surface area contributed by atoms with Crippen molar-refractivity contribution in [1.29, 1.82) is 0 Å². The second-order valence-corrected chi connectivity index (χ2v) is 5.90. The Morgan fingerprint density at radius 1 is 1.47 bits per heavy atom. The van der Waals surface area contributed by atoms with Gasteiger partial charge in [0, 0.05) is 11.3 Å². The Bertz CT molecular complexity index is 499. The number of rotatable bonds is 3. The zero-order chi connectivity index (χ0) is 13.8. The highest BCUT2D eigenvalue weighted by Gasteiger charge is 2.26. The van der Waals surface area contributed by atoms with E-state index in [-0.39, 0.29) is 11.9 Å². The maximum Gasteiger partial charge on any atom is 0.234 e. The Hall–Kier alpha value is -1.26. The lowest BCUT2D eigenvalue weighted by Gasteiger charge is -2.30. The highest BCUT2D eigenvalue weighted by molar-refractivity contribution is 7.98. The van der Waals surface area contributed by atoms with Crippen molar-refractivity contribution in [2.75, 3.05) is 6.26 Å². The van der Waals surface area contributed by atoms with Crippen LogP contribution in [0, 0.1) is 5.92 Å². The molecule has 1 saturated heterocycles. The highest BCUT2D eigenvalue weighted by Crippen LogP contribution is 2.22. The van der Waals surface area contributed by atoms with Gasteiger partial charge in [-0.25, -0.2) is 5.43 Å². The van der Waals surface area contributed by atoms with Crippen LogP contribution in [0.1, 0.15) is 25.8 Å². The smallest absolute Gasteiger partial charge is 0.234 e. The zero-order valence-corrected chi connectivity index (χ0v) is 12.4. The molecule has 0 saturated carbocycles. The Morgan fingerprint density at radius 2 is 2.26 bits per heavy atom. The van der Waals surface area contributed by atoms with E-state index in [1.54, 1.807) is 11.8 Å². The third kappa shape index (κ3) is 3.61. The van der Waals surface area contributed by atoms with Crippen LogP contribution in [0.25, 0.3) is 6.08 Å². The van der Waals surface area contributed by atoms with Gasteiger partial charge in [-0.1, -0.05) is 30.7 Å². The van der Waals surface area contributed by atoms with Crippen LogP contribution in [-0.4, -0.2) is 18.2 Å². The quantitative estimate of drug-likeness (QED) is 0.834. The van der Waals surface area contributed by atoms with E-state index in [0.29, 0.717) is 12.3 Å². The van der Waals surface area contributed by atoms with Crippen molar-refractivity contribution in [3.05, 3.63) is 35.4 Å². The number of nitrogens with one attached hydrogen (secondary N) is 2. The lowest BCUT2D eigenvalue weighted by atomic mass is 9.90. The minimum atomic E-state index is 0.0703. The molecule has 1 heterocycles. The van der Waals surface area contributed by atoms with Crippen molar-refractivity contribution in [2.24, 2.45) is 5.92 Å². The molecule has 19 heavy (non-hydrogen) atoms. The summed E-state index contributed by atoms with van der Waals surface area (Å²) < 4.78 is 0. The van der Waals surface area contributed by atoms with Crippen molar-refractivity contribution >= 4 is 23.7 Å². The molecule has 102 valence electrons. The molecule has 1 fully saturated rings. The van der Waals surface area contributed by atoms with Gasteiger partial charge >= 0.3 is 0 Å². The minimum Gasteiger partial charge on any atom is -0.291 e. The van der Waals surface area contributed by atoms with Crippen molar-refractivity contribution < 1.29 is 4.79 Å². The van der Waals surface area contributed by atoms with Crippen molar-refractivity contribution in [1.82, 2.24) is 10.9 Å². The van der Waals surface area contributed by atoms with Crippen LogP contribution in [0.4, 0.5) is 0 Å². The van der Waals surface area contributed by atoms with Crippen LogP contribution in [-0.2, 0) is 4.79 Å². The maximum absolute atomic E-state index is 11.3. The van der Waals surface area contributed by atoms with Crippen LogP contribution in [0.5, 0.6) is 0 Å². The monoisotopic (exact) mass is 276 g/mol. The molecule has 0 aromatic heterocycles. The summed E-state index contributed by atoms with van der Waals surface area (Å²) in [4.78, 5) is 12.6. The Morgan fingerprint density at radius 3 is 2.95 bits per heavy atom. The predicted octanol–water partition coefficient (Wildman–Crippen LogP) is 2.84. The van der Waals surface area contributed by atoms with Gasteiger partial charge in [-0.15, -0.1) is 11.8 Å². The number of hydrogen-bond donors (Lipinski definition) is 2. The number of carbonyl (C=O) groups excluding carboxylic acids is 1. The van der Waals surface area contributed by atoms with Crippen molar-refractivity contribution in [3.63, 3.8) is 0 Å². The molecule has 1 aliphatic heterocycles. The van der Waals surface area contributed by atoms with Gasteiger partial charge in [0.2, 0.25) is 5.91 Å². The average Bonchev–Trinajstić information content (AvgIpc) is 2.38. The van der Waals surface area contributed by atoms with Gasteiger partial charge in [-0.2, -0.15) is 0 Å². The van der Waals surface area contributed by atoms with Gasteiger partial charge in [0.05, 0.1) is 6.04 Å². The second-order valence-electron chi connectivity index (χ2n) is 5.02. The summed E-state index contributed by atoms with van der Waals surface area (Å²) >= 11 is 1.74. The summed E-state index contributed by atoms with van der Waals surface area (Å²) in [5.74, 6) is 0.384. The number of hydrogen-bond acceptors (Lipinski definition) is 3. The van der Waals surface area contributed by atoms with Gasteiger partial charge in [0.25, 0.3) is 0 Å². The van der Waals surface area contributed by atoms with Gasteiger partial charge in [-0.3, -0.25) is 10.2 Å². The molecule has 2 rings (SSSR count). The molecular weight excluding hydrogens is 256 g/mol. The summed E-state index contributed by atoms with van der Waals surface area (Å²) in [6, 6.07) is 8.68. The number of carbonyl (C=O) groups is 1. The van der Waals surface area contributed by atoms with Gasteiger partial charge < -0.3 is 0 Å². The van der Waals surface area contributed by atoms with Gasteiger partial charge in [0.15, 0.2) is 0 Å². The lowest BCUT2D eigenvalue weighted by molar-refractivity contribution is -0.125.